The van der Waals surface area contributed by atoms with E-state index in [-0.39, 0.29) is 11.8 Å². The van der Waals surface area contributed by atoms with Gasteiger partial charge in [-0.05, 0) is 43.2 Å². The number of anilines is 2. The molecule has 1 aliphatic heterocycles. The molecule has 1 aliphatic rings. The first-order chi connectivity index (χ1) is 15.4. The number of hydrogen-bond acceptors (Lipinski definition) is 7. The van der Waals surface area contributed by atoms with Crippen molar-refractivity contribution in [3.05, 3.63) is 48.0 Å². The largest absolute Gasteiger partial charge is 0.491 e. The van der Waals surface area contributed by atoms with E-state index in [0.717, 1.165) is 17.4 Å². The van der Waals surface area contributed by atoms with E-state index in [9.17, 15) is 13.4 Å². The number of carbonyl (C=O) groups is 1. The first kappa shape index (κ1) is 21.9. The van der Waals surface area contributed by atoms with Gasteiger partial charge in [0.1, 0.15) is 23.7 Å². The van der Waals surface area contributed by atoms with E-state index in [1.807, 2.05) is 13.0 Å². The number of aromatic nitrogens is 2. The van der Waals surface area contributed by atoms with Crippen LogP contribution in [0.1, 0.15) is 18.4 Å². The topological polar surface area (TPSA) is 106 Å². The van der Waals surface area contributed by atoms with Crippen molar-refractivity contribution in [2.75, 3.05) is 24.7 Å². The summed E-state index contributed by atoms with van der Waals surface area (Å²) in [6, 6.07) is 7.82. The van der Waals surface area contributed by atoms with Crippen LogP contribution < -0.4 is 15.4 Å². The third-order valence-corrected chi connectivity index (χ3v) is 5.71. The number of halogens is 1. The molecule has 8 nitrogen and oxygen atoms in total. The summed E-state index contributed by atoms with van der Waals surface area (Å²) >= 11 is 0. The summed E-state index contributed by atoms with van der Waals surface area (Å²) in [7, 11) is -1.67. The summed E-state index contributed by atoms with van der Waals surface area (Å²) in [6.45, 7) is 2.83. The molecule has 2 N–H and O–H groups in total. The van der Waals surface area contributed by atoms with Crippen LogP contribution in [0.25, 0.3) is 10.9 Å². The molecule has 1 amide bonds. The van der Waals surface area contributed by atoms with Gasteiger partial charge in [-0.15, -0.1) is 0 Å². The summed E-state index contributed by atoms with van der Waals surface area (Å²) in [6.07, 6.45) is 4.17. The Morgan fingerprint density at radius 3 is 2.94 bits per heavy atom. The number of thiol groups is 1. The highest BCUT2D eigenvalue weighted by Crippen LogP contribution is 2.34. The van der Waals surface area contributed by atoms with E-state index in [1.165, 1.54) is 24.7 Å². The molecular weight excluding hydrogens is 433 g/mol. The van der Waals surface area contributed by atoms with E-state index in [2.05, 4.69) is 25.0 Å². The van der Waals surface area contributed by atoms with Crippen molar-refractivity contribution in [1.82, 2.24) is 15.3 Å². The van der Waals surface area contributed by atoms with Crippen molar-refractivity contribution >= 4 is 44.6 Å². The molecular formula is C22H24FN5O3S. The molecule has 4 rings (SSSR count). The van der Waals surface area contributed by atoms with Crippen molar-refractivity contribution in [2.45, 2.75) is 19.8 Å². The lowest BCUT2D eigenvalue weighted by atomic mass is 9.99. The zero-order valence-electron chi connectivity index (χ0n) is 17.8. The lowest BCUT2D eigenvalue weighted by Crippen LogP contribution is -2.35. The predicted molar refractivity (Wildman–Crippen MR) is 123 cm³/mol. The molecule has 0 saturated carbocycles. The molecule has 0 radical (unpaired) electrons. The van der Waals surface area contributed by atoms with Gasteiger partial charge in [-0.3, -0.25) is 9.00 Å². The number of amides is 1. The number of rotatable bonds is 6. The van der Waals surface area contributed by atoms with Gasteiger partial charge in [0.05, 0.1) is 23.5 Å². The minimum absolute atomic E-state index is 0.00379. The van der Waals surface area contributed by atoms with Crippen LogP contribution >= 0.6 is 0 Å². The Morgan fingerprint density at radius 2 is 2.16 bits per heavy atom. The molecule has 1 saturated heterocycles. The van der Waals surface area contributed by atoms with Crippen molar-refractivity contribution < 1.29 is 18.1 Å². The van der Waals surface area contributed by atoms with Crippen LogP contribution in [-0.2, 0) is 15.4 Å². The predicted octanol–water partition coefficient (Wildman–Crippen LogP) is 3.65. The quantitative estimate of drug-likeness (QED) is 0.488. The molecule has 2 heterocycles. The Balaban J connectivity index is 1.63. The van der Waals surface area contributed by atoms with Crippen molar-refractivity contribution in [1.29, 1.82) is 0 Å². The number of carbonyl (C=O) groups excluding carboxylic acids is 1. The van der Waals surface area contributed by atoms with Crippen LogP contribution in [0.4, 0.5) is 21.6 Å². The summed E-state index contributed by atoms with van der Waals surface area (Å²) in [5, 5.41) is 6.80. The van der Waals surface area contributed by atoms with Gasteiger partial charge >= 0.3 is 0 Å². The van der Waals surface area contributed by atoms with Gasteiger partial charge in [0.25, 0.3) is 0 Å². The number of fused-ring (bicyclic) bond motifs is 1. The molecule has 10 heteroatoms. The first-order valence-electron chi connectivity index (χ1n) is 10.2. The minimum atomic E-state index is -1.67. The number of ether oxygens (including phenoxy) is 1. The second-order valence-electron chi connectivity index (χ2n) is 7.73. The van der Waals surface area contributed by atoms with E-state index < -0.39 is 16.4 Å². The van der Waals surface area contributed by atoms with E-state index in [0.29, 0.717) is 48.0 Å². The fraction of sp³-hybridized carbons (Fsp3) is 0.318. The summed E-state index contributed by atoms with van der Waals surface area (Å²) < 4.78 is 35.5. The third-order valence-electron chi connectivity index (χ3n) is 5.20. The molecule has 3 aromatic rings. The Kier molecular flexibility index (Phi) is 6.50. The Labute approximate surface area is 186 Å². The minimum Gasteiger partial charge on any atom is -0.491 e. The maximum absolute atomic E-state index is 13.9. The van der Waals surface area contributed by atoms with Gasteiger partial charge in [0, 0.05) is 47.2 Å². The van der Waals surface area contributed by atoms with E-state index in [4.69, 9.17) is 4.74 Å². The number of nitrogens with zero attached hydrogens (tertiary/aromatic N) is 3. The van der Waals surface area contributed by atoms with Crippen molar-refractivity contribution in [3.8, 4) is 5.75 Å². The molecule has 32 heavy (non-hydrogen) atoms. The average Bonchev–Trinajstić information content (AvgIpc) is 2.73. The second-order valence-corrected chi connectivity index (χ2v) is 8.86. The number of benzene rings is 2. The normalized spacial score (nSPS) is 17.2. The van der Waals surface area contributed by atoms with Gasteiger partial charge < -0.3 is 15.4 Å². The second kappa shape index (κ2) is 9.47. The van der Waals surface area contributed by atoms with Crippen LogP contribution in [0, 0.1) is 18.7 Å². The van der Waals surface area contributed by atoms with Crippen molar-refractivity contribution in [2.24, 2.45) is 10.3 Å². The zero-order chi connectivity index (χ0) is 22.7. The standard InChI is InChI=1S/C22H24FN5O3S/c1-13-7-16(28-32(2)30)10-18-21(13)22(26-12-25-18)27-17-4-3-15(23)9-19(17)31-11-14-5-6-24-20(29)8-14/h3-4,7,9-10,12,14,32H,5-6,8,11H2,1-2H3,(H,24,29)(H,25,26,27). The van der Waals surface area contributed by atoms with Crippen LogP contribution in [0.15, 0.2) is 41.0 Å². The highest BCUT2D eigenvalue weighted by molar-refractivity contribution is 7.74. The molecule has 2 aromatic carbocycles. The molecule has 0 aliphatic carbocycles. The van der Waals surface area contributed by atoms with Crippen molar-refractivity contribution in [3.63, 3.8) is 0 Å². The maximum Gasteiger partial charge on any atom is 0.220 e. The molecule has 0 bridgehead atoms. The van der Waals surface area contributed by atoms with Crippen LogP contribution in [0.3, 0.4) is 0 Å². The maximum atomic E-state index is 13.9. The molecule has 168 valence electrons. The molecule has 1 aromatic heterocycles. The SMILES string of the molecule is Cc1cc(/N=[SH](/C)=O)cc2ncnc(Nc3ccc(F)cc3OCC3CCNC(=O)C3)c12. The van der Waals surface area contributed by atoms with Gasteiger partial charge in [0.15, 0.2) is 0 Å². The monoisotopic (exact) mass is 457 g/mol. The summed E-state index contributed by atoms with van der Waals surface area (Å²) in [4.78, 5) is 20.3. The number of piperidine rings is 1. The van der Waals surface area contributed by atoms with Gasteiger partial charge in [-0.1, -0.05) is 0 Å². The smallest absolute Gasteiger partial charge is 0.220 e. The zero-order valence-corrected chi connectivity index (χ0v) is 18.7. The Hall–Kier alpha value is -3.27. The van der Waals surface area contributed by atoms with E-state index in [1.54, 1.807) is 12.1 Å². The summed E-state index contributed by atoms with van der Waals surface area (Å²) in [5.41, 5.74) is 2.65. The molecule has 1 fully saturated rings. The number of nitrogens with one attached hydrogen (secondary N) is 2. The fourth-order valence-electron chi connectivity index (χ4n) is 3.74. The lowest BCUT2D eigenvalue weighted by molar-refractivity contribution is -0.123. The highest BCUT2D eigenvalue weighted by Gasteiger charge is 2.20. The van der Waals surface area contributed by atoms with E-state index >= 15 is 0 Å². The van der Waals surface area contributed by atoms with Crippen LogP contribution in [0.2, 0.25) is 0 Å². The van der Waals surface area contributed by atoms with Crippen LogP contribution in [-0.4, -0.2) is 39.5 Å². The molecule has 0 spiro atoms. The molecule has 2 atom stereocenters. The van der Waals surface area contributed by atoms with Gasteiger partial charge in [0.2, 0.25) is 5.91 Å². The lowest BCUT2D eigenvalue weighted by Gasteiger charge is -2.23. The van der Waals surface area contributed by atoms with Gasteiger partial charge in [-0.2, -0.15) is 0 Å². The summed E-state index contributed by atoms with van der Waals surface area (Å²) in [5.74, 6) is 0.539. The fourth-order valence-corrected chi connectivity index (χ4v) is 4.18. The van der Waals surface area contributed by atoms with Crippen LogP contribution in [0.5, 0.6) is 5.75 Å². The average molecular weight is 458 g/mol. The third kappa shape index (κ3) is 5.13. The number of hydrogen-bond donors (Lipinski definition) is 3. The first-order valence-corrected chi connectivity index (χ1v) is 11.9. The van der Waals surface area contributed by atoms with Gasteiger partial charge in [-0.25, -0.2) is 18.7 Å². The Bertz CT molecular complexity index is 1260. The number of aryl methyl sites for hydroxylation is 1. The Morgan fingerprint density at radius 1 is 1.31 bits per heavy atom. The molecule has 2 unspecified atom stereocenters. The highest BCUT2D eigenvalue weighted by atomic mass is 32.2.